The maximum atomic E-state index is 13.0. The van der Waals surface area contributed by atoms with Gasteiger partial charge in [-0.05, 0) is 38.5 Å². The Balaban J connectivity index is 2.34. The van der Waals surface area contributed by atoms with Gasteiger partial charge in [-0.25, -0.2) is 4.39 Å². The van der Waals surface area contributed by atoms with E-state index < -0.39 is 6.10 Å². The second kappa shape index (κ2) is 7.46. The van der Waals surface area contributed by atoms with Crippen molar-refractivity contribution in [1.29, 1.82) is 0 Å². The molecule has 0 saturated heterocycles. The first kappa shape index (κ1) is 15.1. The van der Waals surface area contributed by atoms with Gasteiger partial charge in [0, 0.05) is 12.6 Å². The summed E-state index contributed by atoms with van der Waals surface area (Å²) >= 11 is 0. The van der Waals surface area contributed by atoms with Crippen molar-refractivity contribution in [3.63, 3.8) is 0 Å². The number of hydrogen-bond acceptors (Lipinski definition) is 3. The summed E-state index contributed by atoms with van der Waals surface area (Å²) < 4.78 is 18.3. The van der Waals surface area contributed by atoms with Crippen LogP contribution in [-0.4, -0.2) is 30.5 Å². The molecule has 0 aliphatic heterocycles. The molecule has 4 heteroatoms. The Morgan fingerprint density at radius 2 is 2.06 bits per heavy atom. The number of ether oxygens (including phenoxy) is 1. The number of benzene rings is 1. The predicted octanol–water partition coefficient (Wildman–Crippen LogP) is 2.26. The average Bonchev–Trinajstić information content (AvgIpc) is 2.33. The van der Waals surface area contributed by atoms with Gasteiger partial charge >= 0.3 is 0 Å². The highest BCUT2D eigenvalue weighted by atomic mass is 19.1. The summed E-state index contributed by atoms with van der Waals surface area (Å²) in [5.41, 5.74) is 0.868. The summed E-state index contributed by atoms with van der Waals surface area (Å²) in [4.78, 5) is 0. The highest BCUT2D eigenvalue weighted by Crippen LogP contribution is 2.13. The van der Waals surface area contributed by atoms with Crippen LogP contribution in [0, 0.1) is 5.82 Å². The van der Waals surface area contributed by atoms with E-state index in [1.807, 2.05) is 26.8 Å². The Kier molecular flexibility index (Phi) is 6.25. The van der Waals surface area contributed by atoms with Crippen molar-refractivity contribution in [2.75, 3.05) is 13.2 Å². The van der Waals surface area contributed by atoms with E-state index in [9.17, 15) is 9.50 Å². The third-order valence-electron chi connectivity index (χ3n) is 2.63. The minimum Gasteiger partial charge on any atom is -0.389 e. The third kappa shape index (κ3) is 5.58. The lowest BCUT2D eigenvalue weighted by Crippen LogP contribution is -2.32. The molecule has 2 atom stereocenters. The number of aliphatic hydroxyl groups excluding tert-OH is 1. The Morgan fingerprint density at radius 1 is 1.33 bits per heavy atom. The highest BCUT2D eigenvalue weighted by molar-refractivity contribution is 5.19. The van der Waals surface area contributed by atoms with Gasteiger partial charge < -0.3 is 15.2 Å². The third-order valence-corrected chi connectivity index (χ3v) is 2.63. The van der Waals surface area contributed by atoms with Gasteiger partial charge in [-0.15, -0.1) is 0 Å². The average molecular weight is 255 g/mol. The molecule has 102 valence electrons. The molecule has 1 unspecified atom stereocenters. The normalized spacial score (nSPS) is 14.8. The molecule has 0 radical (unpaired) electrons. The van der Waals surface area contributed by atoms with Crippen LogP contribution in [0.15, 0.2) is 24.3 Å². The van der Waals surface area contributed by atoms with Crippen LogP contribution >= 0.6 is 0 Å². The fourth-order valence-corrected chi connectivity index (χ4v) is 1.57. The van der Waals surface area contributed by atoms with Gasteiger partial charge in [-0.2, -0.15) is 0 Å². The first-order valence-electron chi connectivity index (χ1n) is 6.27. The second-order valence-corrected chi connectivity index (χ2v) is 4.72. The molecule has 0 spiro atoms. The van der Waals surface area contributed by atoms with Gasteiger partial charge in [-0.3, -0.25) is 0 Å². The number of nitrogens with one attached hydrogen (secondary N) is 1. The van der Waals surface area contributed by atoms with E-state index >= 15 is 0 Å². The molecule has 1 aromatic carbocycles. The van der Waals surface area contributed by atoms with Crippen LogP contribution in [0.3, 0.4) is 0 Å². The molecule has 0 saturated carbocycles. The first-order chi connectivity index (χ1) is 8.49. The van der Waals surface area contributed by atoms with E-state index in [-0.39, 0.29) is 18.0 Å². The summed E-state index contributed by atoms with van der Waals surface area (Å²) in [6.07, 6.45) is -0.441. The van der Waals surface area contributed by atoms with Crippen LogP contribution in [-0.2, 0) is 4.74 Å². The summed E-state index contributed by atoms with van der Waals surface area (Å²) in [7, 11) is 0. The largest absolute Gasteiger partial charge is 0.389 e. The maximum absolute atomic E-state index is 13.0. The van der Waals surface area contributed by atoms with Crippen LogP contribution in [0.4, 0.5) is 4.39 Å². The van der Waals surface area contributed by atoms with Gasteiger partial charge in [-0.1, -0.05) is 12.1 Å². The molecule has 2 N–H and O–H groups in total. The van der Waals surface area contributed by atoms with E-state index in [4.69, 9.17) is 4.74 Å². The summed E-state index contributed by atoms with van der Waals surface area (Å²) in [6.45, 7) is 6.51. The zero-order chi connectivity index (χ0) is 13.5. The molecule has 0 aromatic heterocycles. The first-order valence-corrected chi connectivity index (χ1v) is 6.27. The molecule has 0 aliphatic rings. The van der Waals surface area contributed by atoms with Crippen LogP contribution < -0.4 is 5.32 Å². The lowest BCUT2D eigenvalue weighted by molar-refractivity contribution is 0.00560. The van der Waals surface area contributed by atoms with Crippen molar-refractivity contribution < 1.29 is 14.2 Å². The Morgan fingerprint density at radius 3 is 2.67 bits per heavy atom. The molecule has 1 aromatic rings. The van der Waals surface area contributed by atoms with Crippen LogP contribution in [0.1, 0.15) is 32.4 Å². The lowest BCUT2D eigenvalue weighted by atomic mass is 10.1. The monoisotopic (exact) mass is 255 g/mol. The molecule has 0 heterocycles. The van der Waals surface area contributed by atoms with Gasteiger partial charge in [0.1, 0.15) is 5.82 Å². The summed E-state index contributed by atoms with van der Waals surface area (Å²) in [6, 6.07) is 6.45. The van der Waals surface area contributed by atoms with Crippen LogP contribution in [0.25, 0.3) is 0 Å². The smallest absolute Gasteiger partial charge is 0.123 e. The second-order valence-electron chi connectivity index (χ2n) is 4.72. The van der Waals surface area contributed by atoms with Crippen molar-refractivity contribution in [3.05, 3.63) is 35.6 Å². The van der Waals surface area contributed by atoms with E-state index in [1.54, 1.807) is 6.07 Å². The van der Waals surface area contributed by atoms with Crippen LogP contribution in [0.2, 0.25) is 0 Å². The summed E-state index contributed by atoms with van der Waals surface area (Å²) in [5, 5.41) is 12.8. The topological polar surface area (TPSA) is 41.5 Å². The minimum absolute atomic E-state index is 0.00519. The molecule has 0 fully saturated rings. The number of hydrogen-bond donors (Lipinski definition) is 2. The molecular weight excluding hydrogens is 233 g/mol. The van der Waals surface area contributed by atoms with E-state index in [1.165, 1.54) is 12.1 Å². The molecule has 3 nitrogen and oxygen atoms in total. The molecule has 0 aliphatic carbocycles. The quantitative estimate of drug-likeness (QED) is 0.785. The fourth-order valence-electron chi connectivity index (χ4n) is 1.57. The number of halogens is 1. The number of aliphatic hydroxyl groups is 1. The molecule has 1 rings (SSSR count). The summed E-state index contributed by atoms with van der Waals surface area (Å²) in [5.74, 6) is -0.246. The van der Waals surface area contributed by atoms with E-state index in [0.717, 1.165) is 5.56 Å². The van der Waals surface area contributed by atoms with Crippen molar-refractivity contribution in [1.82, 2.24) is 5.32 Å². The van der Waals surface area contributed by atoms with E-state index in [0.29, 0.717) is 13.2 Å². The lowest BCUT2D eigenvalue weighted by Gasteiger charge is -2.18. The van der Waals surface area contributed by atoms with Crippen molar-refractivity contribution in [2.24, 2.45) is 0 Å². The van der Waals surface area contributed by atoms with E-state index in [2.05, 4.69) is 5.32 Å². The Bertz CT molecular complexity index is 357. The van der Waals surface area contributed by atoms with Crippen molar-refractivity contribution >= 4 is 0 Å². The molecule has 18 heavy (non-hydrogen) atoms. The van der Waals surface area contributed by atoms with Crippen molar-refractivity contribution in [3.8, 4) is 0 Å². The minimum atomic E-state index is -0.552. The maximum Gasteiger partial charge on any atom is 0.123 e. The predicted molar refractivity (Wildman–Crippen MR) is 69.9 cm³/mol. The zero-order valence-corrected chi connectivity index (χ0v) is 11.2. The van der Waals surface area contributed by atoms with Crippen LogP contribution in [0.5, 0.6) is 0 Å². The zero-order valence-electron chi connectivity index (χ0n) is 11.2. The van der Waals surface area contributed by atoms with Gasteiger partial charge in [0.25, 0.3) is 0 Å². The van der Waals surface area contributed by atoms with Crippen molar-refractivity contribution in [2.45, 2.75) is 39.0 Å². The standard InChI is InChI=1S/C14H22FNO2/c1-10(2)18-9-14(17)8-16-11(3)12-5-4-6-13(15)7-12/h4-7,10-11,14,16-17H,8-9H2,1-3H3/t11-,14?/m1/s1. The molecule has 0 amide bonds. The van der Waals surface area contributed by atoms with Gasteiger partial charge in [0.15, 0.2) is 0 Å². The SMILES string of the molecule is CC(C)OCC(O)CN[C@H](C)c1cccc(F)c1. The number of rotatable bonds is 7. The molecule has 0 bridgehead atoms. The molecular formula is C14H22FNO2. The van der Waals surface area contributed by atoms with Gasteiger partial charge in [0.2, 0.25) is 0 Å². The highest BCUT2D eigenvalue weighted by Gasteiger charge is 2.10. The van der Waals surface area contributed by atoms with Gasteiger partial charge in [0.05, 0.1) is 18.8 Å². The fraction of sp³-hybridized carbons (Fsp3) is 0.571. The Hall–Kier alpha value is -0.970. The Labute approximate surface area is 108 Å².